The number of hydrazine groups is 1. The van der Waals surface area contributed by atoms with Crippen LogP contribution in [0.2, 0.25) is 0 Å². The minimum atomic E-state index is -0.748. The van der Waals surface area contributed by atoms with E-state index in [4.69, 9.17) is 14.2 Å². The number of ether oxygens (including phenoxy) is 3. The van der Waals surface area contributed by atoms with Crippen LogP contribution in [0.5, 0.6) is 11.5 Å². The average Bonchev–Trinajstić information content (AvgIpc) is 3.10. The van der Waals surface area contributed by atoms with Crippen molar-refractivity contribution in [1.82, 2.24) is 25.4 Å². The molecular weight excluding hydrogens is 394 g/mol. The Morgan fingerprint density at radius 2 is 1.87 bits per heavy atom. The summed E-state index contributed by atoms with van der Waals surface area (Å²) in [5, 5.41) is 4.16. The molecule has 2 heterocycles. The Morgan fingerprint density at radius 3 is 2.60 bits per heavy atom. The average molecular weight is 413 g/mol. The molecule has 0 atom stereocenters. The van der Waals surface area contributed by atoms with Crippen LogP contribution in [0.15, 0.2) is 36.7 Å². The summed E-state index contributed by atoms with van der Waals surface area (Å²) in [5.74, 6) is -1.23. The lowest BCUT2D eigenvalue weighted by atomic mass is 10.2. The standard InChI is InChI=1S/C19H19N5O6/c1-11-16(17-20-7-4-8-24(17)23-11)19(27)30-10-15(25)21-22-18(26)12-5-6-13(28-2)14(9-12)29-3/h4-9H,10H2,1-3H3,(H,21,25)(H,22,26). The molecule has 0 spiro atoms. The Morgan fingerprint density at radius 1 is 1.10 bits per heavy atom. The first kappa shape index (κ1) is 20.6. The van der Waals surface area contributed by atoms with Gasteiger partial charge >= 0.3 is 5.97 Å². The molecule has 0 radical (unpaired) electrons. The monoisotopic (exact) mass is 413 g/mol. The van der Waals surface area contributed by atoms with Gasteiger partial charge in [0.05, 0.1) is 19.9 Å². The lowest BCUT2D eigenvalue weighted by Gasteiger charge is -2.11. The van der Waals surface area contributed by atoms with Gasteiger partial charge in [0, 0.05) is 18.0 Å². The van der Waals surface area contributed by atoms with E-state index in [1.807, 2.05) is 0 Å². The maximum atomic E-state index is 12.3. The summed E-state index contributed by atoms with van der Waals surface area (Å²) in [4.78, 5) is 40.5. The zero-order valence-corrected chi connectivity index (χ0v) is 16.5. The second-order valence-electron chi connectivity index (χ2n) is 6.00. The van der Waals surface area contributed by atoms with Crippen LogP contribution in [0, 0.1) is 6.92 Å². The minimum absolute atomic E-state index is 0.165. The first-order valence-corrected chi connectivity index (χ1v) is 8.73. The lowest BCUT2D eigenvalue weighted by Crippen LogP contribution is -2.43. The summed E-state index contributed by atoms with van der Waals surface area (Å²) in [6.45, 7) is 1.03. The van der Waals surface area contributed by atoms with Crippen LogP contribution in [0.25, 0.3) is 5.65 Å². The van der Waals surface area contributed by atoms with Gasteiger partial charge in [-0.2, -0.15) is 5.10 Å². The van der Waals surface area contributed by atoms with E-state index in [1.165, 1.54) is 37.1 Å². The van der Waals surface area contributed by atoms with Gasteiger partial charge in [-0.05, 0) is 31.2 Å². The Labute approximate surface area is 170 Å². The highest BCUT2D eigenvalue weighted by Gasteiger charge is 2.20. The van der Waals surface area contributed by atoms with E-state index < -0.39 is 24.4 Å². The molecule has 30 heavy (non-hydrogen) atoms. The van der Waals surface area contributed by atoms with E-state index in [1.54, 1.807) is 25.3 Å². The van der Waals surface area contributed by atoms with Gasteiger partial charge in [0.2, 0.25) is 0 Å². The van der Waals surface area contributed by atoms with Crippen LogP contribution in [-0.4, -0.2) is 53.2 Å². The number of nitrogens with zero attached hydrogens (tertiary/aromatic N) is 3. The third-order valence-corrected chi connectivity index (χ3v) is 4.07. The number of esters is 1. The van der Waals surface area contributed by atoms with Gasteiger partial charge in [0.25, 0.3) is 11.8 Å². The van der Waals surface area contributed by atoms with E-state index in [2.05, 4.69) is 20.9 Å². The van der Waals surface area contributed by atoms with Crippen LogP contribution in [0.3, 0.4) is 0 Å². The van der Waals surface area contributed by atoms with E-state index in [0.29, 0.717) is 22.8 Å². The molecular formula is C19H19N5O6. The van der Waals surface area contributed by atoms with Crippen molar-refractivity contribution in [3.63, 3.8) is 0 Å². The normalized spacial score (nSPS) is 10.4. The quantitative estimate of drug-likeness (QED) is 0.445. The van der Waals surface area contributed by atoms with E-state index >= 15 is 0 Å². The van der Waals surface area contributed by atoms with E-state index in [-0.39, 0.29) is 11.1 Å². The number of carbonyl (C=O) groups excluding carboxylic acids is 3. The number of carbonyl (C=O) groups is 3. The summed E-state index contributed by atoms with van der Waals surface area (Å²) in [7, 11) is 2.92. The number of fused-ring (bicyclic) bond motifs is 1. The molecule has 0 aliphatic rings. The first-order chi connectivity index (χ1) is 14.4. The van der Waals surface area contributed by atoms with Crippen molar-refractivity contribution in [1.29, 1.82) is 0 Å². The Kier molecular flexibility index (Phi) is 6.11. The molecule has 2 N–H and O–H groups in total. The van der Waals surface area contributed by atoms with Crippen LogP contribution in [0.4, 0.5) is 0 Å². The summed E-state index contributed by atoms with van der Waals surface area (Å²) in [6, 6.07) is 6.19. The summed E-state index contributed by atoms with van der Waals surface area (Å²) < 4.78 is 16.7. The maximum absolute atomic E-state index is 12.3. The largest absolute Gasteiger partial charge is 0.493 e. The highest BCUT2D eigenvalue weighted by atomic mass is 16.5. The van der Waals surface area contributed by atoms with Gasteiger partial charge in [-0.3, -0.25) is 20.4 Å². The van der Waals surface area contributed by atoms with Crippen molar-refractivity contribution in [2.24, 2.45) is 0 Å². The van der Waals surface area contributed by atoms with Crippen LogP contribution in [0.1, 0.15) is 26.4 Å². The van der Waals surface area contributed by atoms with E-state index in [0.717, 1.165) is 0 Å². The molecule has 11 nitrogen and oxygen atoms in total. The minimum Gasteiger partial charge on any atom is -0.493 e. The van der Waals surface area contributed by atoms with Crippen molar-refractivity contribution in [2.75, 3.05) is 20.8 Å². The first-order valence-electron chi connectivity index (χ1n) is 8.73. The Balaban J connectivity index is 1.55. The second-order valence-corrected chi connectivity index (χ2v) is 6.00. The summed E-state index contributed by atoms with van der Waals surface area (Å²) in [5.41, 5.74) is 5.55. The fourth-order valence-electron chi connectivity index (χ4n) is 2.65. The molecule has 11 heteroatoms. The molecule has 0 saturated heterocycles. The predicted octanol–water partition coefficient (Wildman–Crippen LogP) is 0.673. The molecule has 0 saturated carbocycles. The topological polar surface area (TPSA) is 133 Å². The zero-order chi connectivity index (χ0) is 21.7. The third kappa shape index (κ3) is 4.29. The van der Waals surface area contributed by atoms with Crippen molar-refractivity contribution >= 4 is 23.4 Å². The summed E-state index contributed by atoms with van der Waals surface area (Å²) >= 11 is 0. The van der Waals surface area contributed by atoms with Gasteiger partial charge in [-0.1, -0.05) is 0 Å². The molecule has 0 aliphatic heterocycles. The fraction of sp³-hybridized carbons (Fsp3) is 0.211. The highest BCUT2D eigenvalue weighted by Crippen LogP contribution is 2.27. The van der Waals surface area contributed by atoms with Crippen LogP contribution < -0.4 is 20.3 Å². The van der Waals surface area contributed by atoms with E-state index in [9.17, 15) is 14.4 Å². The molecule has 3 rings (SSSR count). The number of amides is 2. The number of rotatable bonds is 6. The van der Waals surface area contributed by atoms with Crippen molar-refractivity contribution in [2.45, 2.75) is 6.92 Å². The summed E-state index contributed by atoms with van der Waals surface area (Å²) in [6.07, 6.45) is 3.16. The van der Waals surface area contributed by atoms with Gasteiger partial charge in [0.1, 0.15) is 5.56 Å². The predicted molar refractivity (Wildman–Crippen MR) is 103 cm³/mol. The molecule has 3 aromatic rings. The molecule has 0 fully saturated rings. The smallest absolute Gasteiger partial charge is 0.344 e. The number of aromatic nitrogens is 3. The number of hydrogen-bond acceptors (Lipinski definition) is 8. The molecule has 0 aliphatic carbocycles. The number of nitrogens with one attached hydrogen (secondary N) is 2. The van der Waals surface area contributed by atoms with Gasteiger partial charge < -0.3 is 14.2 Å². The van der Waals surface area contributed by atoms with Crippen molar-refractivity contribution < 1.29 is 28.6 Å². The molecule has 0 bridgehead atoms. The highest BCUT2D eigenvalue weighted by molar-refractivity contribution is 5.99. The molecule has 0 unspecified atom stereocenters. The Bertz CT molecular complexity index is 1110. The maximum Gasteiger partial charge on any atom is 0.344 e. The van der Waals surface area contributed by atoms with Gasteiger partial charge in [-0.15, -0.1) is 0 Å². The lowest BCUT2D eigenvalue weighted by molar-refractivity contribution is -0.125. The van der Waals surface area contributed by atoms with Crippen molar-refractivity contribution in [3.8, 4) is 11.5 Å². The number of hydrogen-bond donors (Lipinski definition) is 2. The molecule has 156 valence electrons. The number of aryl methyl sites for hydroxylation is 1. The van der Waals surface area contributed by atoms with Gasteiger partial charge in [-0.25, -0.2) is 14.3 Å². The second kappa shape index (κ2) is 8.90. The SMILES string of the molecule is COc1ccc(C(=O)NNC(=O)COC(=O)c2c(C)nn3cccnc23)cc1OC. The molecule has 2 amide bonds. The van der Waals surface area contributed by atoms with Crippen LogP contribution >= 0.6 is 0 Å². The Hall–Kier alpha value is -4.15. The van der Waals surface area contributed by atoms with Gasteiger partial charge in [0.15, 0.2) is 23.8 Å². The third-order valence-electron chi connectivity index (χ3n) is 4.07. The molecule has 2 aromatic heterocycles. The van der Waals surface area contributed by atoms with Crippen molar-refractivity contribution in [3.05, 3.63) is 53.5 Å². The zero-order valence-electron chi connectivity index (χ0n) is 16.5. The number of benzene rings is 1. The fourth-order valence-corrected chi connectivity index (χ4v) is 2.65. The number of methoxy groups -OCH3 is 2. The molecule has 1 aromatic carbocycles. The van der Waals surface area contributed by atoms with Crippen LogP contribution in [-0.2, 0) is 9.53 Å².